The van der Waals surface area contributed by atoms with Gasteiger partial charge in [-0.15, -0.1) is 0 Å². The predicted octanol–water partition coefficient (Wildman–Crippen LogP) is 1.84. The van der Waals surface area contributed by atoms with Gasteiger partial charge in [0, 0.05) is 19.3 Å². The summed E-state index contributed by atoms with van der Waals surface area (Å²) in [6.07, 6.45) is 0.831. The van der Waals surface area contributed by atoms with E-state index in [0.717, 1.165) is 33.5 Å². The van der Waals surface area contributed by atoms with E-state index in [4.69, 9.17) is 0 Å². The van der Waals surface area contributed by atoms with Gasteiger partial charge in [-0.2, -0.15) is 4.31 Å². The molecule has 156 valence electrons. The number of fused-ring (bicyclic) bond motifs is 1. The van der Waals surface area contributed by atoms with Gasteiger partial charge in [-0.25, -0.2) is 12.8 Å². The number of carbonyl (C=O) groups excluding carboxylic acids is 3. The highest BCUT2D eigenvalue weighted by atomic mass is 32.2. The molecule has 0 radical (unpaired) electrons. The molecule has 10 heteroatoms. The minimum Gasteiger partial charge on any atom is -0.325 e. The van der Waals surface area contributed by atoms with Crippen LogP contribution in [0.3, 0.4) is 0 Å². The van der Waals surface area contributed by atoms with Crippen molar-refractivity contribution in [3.05, 3.63) is 59.4 Å². The molecule has 0 aliphatic carbocycles. The molecule has 0 aromatic heterocycles. The Hall–Kier alpha value is -3.11. The minimum atomic E-state index is -3.97. The predicted molar refractivity (Wildman–Crippen MR) is 105 cm³/mol. The summed E-state index contributed by atoms with van der Waals surface area (Å²) in [5.41, 5.74) is 0.727. The van der Waals surface area contributed by atoms with Gasteiger partial charge in [0.05, 0.1) is 16.0 Å². The van der Waals surface area contributed by atoms with Gasteiger partial charge in [0.25, 0.3) is 11.8 Å². The number of hydrogen-bond acceptors (Lipinski definition) is 5. The third kappa shape index (κ3) is 3.27. The first-order valence-corrected chi connectivity index (χ1v) is 10.7. The number of carbonyl (C=O) groups is 3. The van der Waals surface area contributed by atoms with Crippen molar-refractivity contribution in [1.29, 1.82) is 0 Å². The van der Waals surface area contributed by atoms with Gasteiger partial charge < -0.3 is 5.32 Å². The molecule has 1 atom stereocenters. The van der Waals surface area contributed by atoms with Gasteiger partial charge in [-0.1, -0.05) is 0 Å². The fourth-order valence-electron chi connectivity index (χ4n) is 3.70. The maximum absolute atomic E-state index is 13.1. The minimum absolute atomic E-state index is 0.0896. The highest BCUT2D eigenvalue weighted by Gasteiger charge is 2.40. The van der Waals surface area contributed by atoms with E-state index in [2.05, 4.69) is 5.32 Å². The van der Waals surface area contributed by atoms with Crippen molar-refractivity contribution >= 4 is 33.4 Å². The Labute approximate surface area is 172 Å². The smallest absolute Gasteiger partial charge is 0.261 e. The van der Waals surface area contributed by atoms with Gasteiger partial charge in [0.2, 0.25) is 15.9 Å². The largest absolute Gasteiger partial charge is 0.325 e. The Morgan fingerprint density at radius 3 is 2.43 bits per heavy atom. The molecule has 0 bridgehead atoms. The lowest BCUT2D eigenvalue weighted by molar-refractivity contribution is -0.119. The van der Waals surface area contributed by atoms with Crippen molar-refractivity contribution in [1.82, 2.24) is 9.21 Å². The van der Waals surface area contributed by atoms with E-state index in [0.29, 0.717) is 18.5 Å². The van der Waals surface area contributed by atoms with E-state index >= 15 is 0 Å². The maximum Gasteiger partial charge on any atom is 0.261 e. The second-order valence-corrected chi connectivity index (χ2v) is 9.04. The number of benzene rings is 2. The normalized spacial score (nSPS) is 19.3. The highest BCUT2D eigenvalue weighted by Crippen LogP contribution is 2.29. The third-order valence-electron chi connectivity index (χ3n) is 5.28. The Bertz CT molecular complexity index is 1160. The second kappa shape index (κ2) is 7.29. The van der Waals surface area contributed by atoms with Crippen LogP contribution in [0.15, 0.2) is 47.4 Å². The van der Waals surface area contributed by atoms with E-state index in [1.165, 1.54) is 25.2 Å². The lowest BCUT2D eigenvalue weighted by atomic mass is 10.1. The zero-order valence-electron chi connectivity index (χ0n) is 16.0. The zero-order valence-corrected chi connectivity index (χ0v) is 16.8. The average Bonchev–Trinajstić information content (AvgIpc) is 3.30. The Kier molecular flexibility index (Phi) is 4.91. The topological polar surface area (TPSA) is 104 Å². The lowest BCUT2D eigenvalue weighted by Gasteiger charge is -2.23. The molecule has 0 saturated carbocycles. The molecule has 1 unspecified atom stereocenters. The van der Waals surface area contributed by atoms with Crippen LogP contribution in [-0.4, -0.2) is 55.0 Å². The first kappa shape index (κ1) is 20.2. The molecule has 8 nitrogen and oxygen atoms in total. The van der Waals surface area contributed by atoms with E-state index in [1.54, 1.807) is 0 Å². The van der Waals surface area contributed by atoms with Gasteiger partial charge in [-0.05, 0) is 55.3 Å². The van der Waals surface area contributed by atoms with Crippen molar-refractivity contribution in [3.8, 4) is 0 Å². The molecule has 2 aromatic carbocycles. The molecule has 30 heavy (non-hydrogen) atoms. The summed E-state index contributed by atoms with van der Waals surface area (Å²) in [6.45, 7) is 0.166. The van der Waals surface area contributed by atoms with Crippen LogP contribution in [0.1, 0.15) is 33.6 Å². The first-order valence-electron chi connectivity index (χ1n) is 9.25. The Morgan fingerprint density at radius 1 is 1.07 bits per heavy atom. The molecular weight excluding hydrogens is 413 g/mol. The van der Waals surface area contributed by atoms with Crippen molar-refractivity contribution < 1.29 is 27.2 Å². The number of nitrogens with zero attached hydrogens (tertiary/aromatic N) is 2. The van der Waals surface area contributed by atoms with Crippen LogP contribution in [0.2, 0.25) is 0 Å². The first-order chi connectivity index (χ1) is 14.2. The lowest BCUT2D eigenvalue weighted by Crippen LogP contribution is -2.43. The molecule has 2 aliphatic rings. The standard InChI is InChI=1S/C20H18FN3O5S/c1-23-19(26)15-9-6-13(11-16(15)20(23)27)22-18(25)17-3-2-10-24(17)30(28,29)14-7-4-12(21)5-8-14/h4-9,11,17H,2-3,10H2,1H3,(H,22,25). The van der Waals surface area contributed by atoms with Gasteiger partial charge in [0.1, 0.15) is 11.9 Å². The summed E-state index contributed by atoms with van der Waals surface area (Å²) in [5, 5.41) is 2.64. The molecule has 1 fully saturated rings. The third-order valence-corrected chi connectivity index (χ3v) is 7.21. The molecule has 0 spiro atoms. The quantitative estimate of drug-likeness (QED) is 0.744. The number of imide groups is 1. The van der Waals surface area contributed by atoms with Crippen molar-refractivity contribution in [2.75, 3.05) is 18.9 Å². The summed E-state index contributed by atoms with van der Waals surface area (Å²) in [6, 6.07) is 7.86. The van der Waals surface area contributed by atoms with E-state index in [9.17, 15) is 27.2 Å². The SMILES string of the molecule is CN1C(=O)c2ccc(NC(=O)C3CCCN3S(=O)(=O)c3ccc(F)cc3)cc2C1=O. The van der Waals surface area contributed by atoms with Crippen LogP contribution >= 0.6 is 0 Å². The molecule has 2 aliphatic heterocycles. The Morgan fingerprint density at radius 2 is 1.73 bits per heavy atom. The van der Waals surface area contributed by atoms with Crippen molar-refractivity contribution in [3.63, 3.8) is 0 Å². The van der Waals surface area contributed by atoms with E-state index < -0.39 is 39.6 Å². The molecule has 3 amide bonds. The molecular formula is C20H18FN3O5S. The number of halogens is 1. The van der Waals surface area contributed by atoms with Crippen LogP contribution in [0, 0.1) is 5.82 Å². The zero-order chi connectivity index (χ0) is 21.6. The number of rotatable bonds is 4. The van der Waals surface area contributed by atoms with Crippen LogP contribution in [0.4, 0.5) is 10.1 Å². The van der Waals surface area contributed by atoms with Gasteiger partial charge in [0.15, 0.2) is 0 Å². The molecule has 1 N–H and O–H groups in total. The molecule has 2 heterocycles. The number of anilines is 1. The molecule has 2 aromatic rings. The average molecular weight is 431 g/mol. The summed E-state index contributed by atoms with van der Waals surface area (Å²) in [4.78, 5) is 37.9. The van der Waals surface area contributed by atoms with Crippen LogP contribution < -0.4 is 5.32 Å². The number of hydrogen-bond donors (Lipinski definition) is 1. The van der Waals surface area contributed by atoms with Crippen molar-refractivity contribution in [2.45, 2.75) is 23.8 Å². The second-order valence-electron chi connectivity index (χ2n) is 7.15. The van der Waals surface area contributed by atoms with E-state index in [1.807, 2.05) is 0 Å². The molecule has 4 rings (SSSR count). The van der Waals surface area contributed by atoms with Crippen molar-refractivity contribution in [2.24, 2.45) is 0 Å². The summed E-state index contributed by atoms with van der Waals surface area (Å²) < 4.78 is 40.1. The number of amides is 3. The number of nitrogens with one attached hydrogen (secondary N) is 1. The van der Waals surface area contributed by atoms with Gasteiger partial charge >= 0.3 is 0 Å². The van der Waals surface area contributed by atoms with Crippen LogP contribution in [0.5, 0.6) is 0 Å². The maximum atomic E-state index is 13.1. The monoisotopic (exact) mass is 431 g/mol. The Balaban J connectivity index is 1.56. The highest BCUT2D eigenvalue weighted by molar-refractivity contribution is 7.89. The van der Waals surface area contributed by atoms with Crippen LogP contribution in [0.25, 0.3) is 0 Å². The van der Waals surface area contributed by atoms with Gasteiger partial charge in [-0.3, -0.25) is 19.3 Å². The van der Waals surface area contributed by atoms with E-state index in [-0.39, 0.29) is 22.6 Å². The van der Waals surface area contributed by atoms with Crippen LogP contribution in [-0.2, 0) is 14.8 Å². The summed E-state index contributed by atoms with van der Waals surface area (Å²) in [7, 11) is -2.60. The number of sulfonamides is 1. The fourth-order valence-corrected chi connectivity index (χ4v) is 5.35. The summed E-state index contributed by atoms with van der Waals surface area (Å²) in [5.74, 6) is -1.98. The molecule has 1 saturated heterocycles. The summed E-state index contributed by atoms with van der Waals surface area (Å²) >= 11 is 0. The fraction of sp³-hybridized carbons (Fsp3) is 0.250.